The van der Waals surface area contributed by atoms with Crippen LogP contribution in [0.4, 0.5) is 8.78 Å². The molecule has 0 aliphatic heterocycles. The number of rotatable bonds is 1. The van der Waals surface area contributed by atoms with Gasteiger partial charge in [0, 0.05) is 12.1 Å². The SMILES string of the molecule is NCc1cc(F)c(F)c(Cl)c1O. The Morgan fingerprint density at radius 3 is 2.58 bits per heavy atom. The monoisotopic (exact) mass is 193 g/mol. The zero-order valence-electron chi connectivity index (χ0n) is 5.94. The van der Waals surface area contributed by atoms with Gasteiger partial charge in [-0.3, -0.25) is 0 Å². The van der Waals surface area contributed by atoms with Gasteiger partial charge in [0.25, 0.3) is 0 Å². The number of halogens is 3. The van der Waals surface area contributed by atoms with E-state index >= 15 is 0 Å². The van der Waals surface area contributed by atoms with Gasteiger partial charge < -0.3 is 10.8 Å². The third-order valence-corrected chi connectivity index (χ3v) is 1.78. The maximum atomic E-state index is 12.6. The molecule has 5 heteroatoms. The summed E-state index contributed by atoms with van der Waals surface area (Å²) in [5.41, 5.74) is 5.21. The maximum Gasteiger partial charge on any atom is 0.181 e. The van der Waals surface area contributed by atoms with Crippen LogP contribution < -0.4 is 5.73 Å². The largest absolute Gasteiger partial charge is 0.506 e. The quantitative estimate of drug-likeness (QED) is 0.668. The summed E-state index contributed by atoms with van der Waals surface area (Å²) < 4.78 is 25.2. The normalized spacial score (nSPS) is 10.3. The smallest absolute Gasteiger partial charge is 0.181 e. The number of benzene rings is 1. The molecule has 0 aliphatic carbocycles. The van der Waals surface area contributed by atoms with E-state index in [-0.39, 0.29) is 12.1 Å². The van der Waals surface area contributed by atoms with E-state index in [1.165, 1.54) is 0 Å². The minimum atomic E-state index is -1.26. The van der Waals surface area contributed by atoms with Crippen molar-refractivity contribution < 1.29 is 13.9 Å². The predicted octanol–water partition coefficient (Wildman–Crippen LogP) is 1.78. The van der Waals surface area contributed by atoms with Gasteiger partial charge >= 0.3 is 0 Å². The summed E-state index contributed by atoms with van der Waals surface area (Å²) in [4.78, 5) is 0. The van der Waals surface area contributed by atoms with E-state index in [9.17, 15) is 8.78 Å². The van der Waals surface area contributed by atoms with Gasteiger partial charge in [-0.1, -0.05) is 11.6 Å². The number of hydrogen-bond acceptors (Lipinski definition) is 2. The molecule has 1 aromatic rings. The highest BCUT2D eigenvalue weighted by molar-refractivity contribution is 6.32. The molecule has 0 saturated heterocycles. The van der Waals surface area contributed by atoms with Crippen LogP contribution in [0.15, 0.2) is 6.07 Å². The molecule has 0 amide bonds. The molecule has 0 heterocycles. The molecule has 0 bridgehead atoms. The summed E-state index contributed by atoms with van der Waals surface area (Å²) in [5.74, 6) is -2.87. The summed E-state index contributed by atoms with van der Waals surface area (Å²) >= 11 is 5.25. The number of phenolic OH excluding ortho intramolecular Hbond substituents is 1. The molecular weight excluding hydrogens is 188 g/mol. The maximum absolute atomic E-state index is 12.6. The van der Waals surface area contributed by atoms with Gasteiger partial charge in [0.2, 0.25) is 0 Å². The molecule has 0 atom stereocenters. The van der Waals surface area contributed by atoms with Crippen molar-refractivity contribution in [3.8, 4) is 5.75 Å². The van der Waals surface area contributed by atoms with Gasteiger partial charge in [-0.25, -0.2) is 8.78 Å². The van der Waals surface area contributed by atoms with Crippen LogP contribution >= 0.6 is 11.6 Å². The number of phenols is 1. The van der Waals surface area contributed by atoms with E-state index in [1.807, 2.05) is 0 Å². The minimum absolute atomic E-state index is 0.0823. The Morgan fingerprint density at radius 2 is 2.08 bits per heavy atom. The molecule has 3 N–H and O–H groups in total. The molecule has 0 unspecified atom stereocenters. The highest BCUT2D eigenvalue weighted by Crippen LogP contribution is 2.31. The lowest BCUT2D eigenvalue weighted by Gasteiger charge is -2.04. The zero-order chi connectivity index (χ0) is 9.30. The van der Waals surface area contributed by atoms with E-state index < -0.39 is 22.4 Å². The van der Waals surface area contributed by atoms with Crippen LogP contribution in [0.25, 0.3) is 0 Å². The summed E-state index contributed by atoms with van der Waals surface area (Å²) in [6.45, 7) is -0.0945. The second-order valence-electron chi connectivity index (χ2n) is 2.20. The van der Waals surface area contributed by atoms with Crippen molar-refractivity contribution in [2.24, 2.45) is 5.73 Å². The van der Waals surface area contributed by atoms with Gasteiger partial charge in [-0.15, -0.1) is 0 Å². The molecule has 0 aliphatic rings. The van der Waals surface area contributed by atoms with E-state index in [1.54, 1.807) is 0 Å². The van der Waals surface area contributed by atoms with Crippen LogP contribution in [0.5, 0.6) is 5.75 Å². The first-order valence-corrected chi connectivity index (χ1v) is 3.51. The Labute approximate surface area is 72.6 Å². The fourth-order valence-electron chi connectivity index (χ4n) is 0.790. The number of hydrogen-bond donors (Lipinski definition) is 2. The van der Waals surface area contributed by atoms with Crippen LogP contribution in [-0.2, 0) is 6.54 Å². The first-order valence-electron chi connectivity index (χ1n) is 3.13. The van der Waals surface area contributed by atoms with Gasteiger partial charge in [0.05, 0.1) is 0 Å². The van der Waals surface area contributed by atoms with Crippen molar-refractivity contribution in [3.63, 3.8) is 0 Å². The highest BCUT2D eigenvalue weighted by atomic mass is 35.5. The molecule has 0 aromatic heterocycles. The van der Waals surface area contributed by atoms with E-state index in [0.29, 0.717) is 0 Å². The van der Waals surface area contributed by atoms with Gasteiger partial charge in [0.1, 0.15) is 10.8 Å². The molecule has 0 fully saturated rings. The zero-order valence-corrected chi connectivity index (χ0v) is 6.70. The summed E-state index contributed by atoms with van der Waals surface area (Å²) in [5, 5.41) is 8.45. The second kappa shape index (κ2) is 3.25. The third-order valence-electron chi connectivity index (χ3n) is 1.44. The molecule has 0 spiro atoms. The van der Waals surface area contributed by atoms with E-state index in [4.69, 9.17) is 22.4 Å². The summed E-state index contributed by atoms with van der Waals surface area (Å²) in [6.07, 6.45) is 0. The fourth-order valence-corrected chi connectivity index (χ4v) is 1.00. The summed E-state index contributed by atoms with van der Waals surface area (Å²) in [6, 6.07) is 0.816. The first kappa shape index (κ1) is 9.22. The first-order chi connectivity index (χ1) is 5.57. The van der Waals surface area contributed by atoms with Crippen LogP contribution in [0, 0.1) is 11.6 Å². The van der Waals surface area contributed by atoms with Crippen LogP contribution in [-0.4, -0.2) is 5.11 Å². The van der Waals surface area contributed by atoms with Crippen molar-refractivity contribution in [1.29, 1.82) is 0 Å². The van der Waals surface area contributed by atoms with Crippen molar-refractivity contribution in [2.45, 2.75) is 6.54 Å². The Hall–Kier alpha value is -0.870. The van der Waals surface area contributed by atoms with Gasteiger partial charge in [-0.2, -0.15) is 0 Å². The van der Waals surface area contributed by atoms with Crippen molar-refractivity contribution in [3.05, 3.63) is 28.3 Å². The fraction of sp³-hybridized carbons (Fsp3) is 0.143. The Kier molecular flexibility index (Phi) is 2.49. The molecule has 66 valence electrons. The van der Waals surface area contributed by atoms with E-state index in [2.05, 4.69) is 0 Å². The summed E-state index contributed by atoms with van der Waals surface area (Å²) in [7, 11) is 0. The van der Waals surface area contributed by atoms with Crippen molar-refractivity contribution in [1.82, 2.24) is 0 Å². The lowest BCUT2D eigenvalue weighted by Crippen LogP contribution is -1.99. The molecule has 1 aromatic carbocycles. The van der Waals surface area contributed by atoms with E-state index in [0.717, 1.165) is 6.07 Å². The molecular formula is C7H6ClF2NO. The van der Waals surface area contributed by atoms with Gasteiger partial charge in [0.15, 0.2) is 11.6 Å². The average Bonchev–Trinajstić information content (AvgIpc) is 2.08. The average molecular weight is 194 g/mol. The molecule has 0 saturated carbocycles. The van der Waals surface area contributed by atoms with Gasteiger partial charge in [-0.05, 0) is 6.07 Å². The van der Waals surface area contributed by atoms with Crippen molar-refractivity contribution in [2.75, 3.05) is 0 Å². The molecule has 0 radical (unpaired) electrons. The Bertz CT molecular complexity index is 317. The Morgan fingerprint density at radius 1 is 1.50 bits per heavy atom. The third kappa shape index (κ3) is 1.35. The van der Waals surface area contributed by atoms with Crippen LogP contribution in [0.3, 0.4) is 0 Å². The molecule has 12 heavy (non-hydrogen) atoms. The van der Waals surface area contributed by atoms with Crippen molar-refractivity contribution >= 4 is 11.6 Å². The van der Waals surface area contributed by atoms with Crippen LogP contribution in [0.1, 0.15) is 5.56 Å². The molecule has 2 nitrogen and oxygen atoms in total. The lowest BCUT2D eigenvalue weighted by molar-refractivity contribution is 0.448. The standard InChI is InChI=1S/C7H6ClF2NO/c8-5-6(10)4(9)1-3(2-11)7(5)12/h1,12H,2,11H2. The number of aromatic hydroxyl groups is 1. The molecule has 1 rings (SSSR count). The minimum Gasteiger partial charge on any atom is -0.506 e. The second-order valence-corrected chi connectivity index (χ2v) is 2.58. The highest BCUT2D eigenvalue weighted by Gasteiger charge is 2.14. The number of nitrogens with two attached hydrogens (primary N) is 1. The predicted molar refractivity (Wildman–Crippen MR) is 40.9 cm³/mol. The lowest BCUT2D eigenvalue weighted by atomic mass is 10.2. The van der Waals surface area contributed by atoms with Crippen LogP contribution in [0.2, 0.25) is 5.02 Å². The Balaban J connectivity index is 3.39. The topological polar surface area (TPSA) is 46.2 Å².